The predicted molar refractivity (Wildman–Crippen MR) is 73.1 cm³/mol. The molecule has 2 aromatic heterocycles. The van der Waals surface area contributed by atoms with Crippen molar-refractivity contribution in [3.63, 3.8) is 0 Å². The molecular formula is C12H11BrN4O3. The van der Waals surface area contributed by atoms with Gasteiger partial charge in [-0.2, -0.15) is 0 Å². The van der Waals surface area contributed by atoms with Gasteiger partial charge in [0.15, 0.2) is 0 Å². The highest BCUT2D eigenvalue weighted by atomic mass is 79.9. The van der Waals surface area contributed by atoms with Crippen LogP contribution in [0.25, 0.3) is 0 Å². The van der Waals surface area contributed by atoms with Gasteiger partial charge in [0.05, 0.1) is 6.33 Å². The average molecular weight is 339 g/mol. The van der Waals surface area contributed by atoms with Gasteiger partial charge in [0.25, 0.3) is 5.91 Å². The summed E-state index contributed by atoms with van der Waals surface area (Å²) in [5.41, 5.74) is 0.765. The first-order valence-corrected chi connectivity index (χ1v) is 6.48. The van der Waals surface area contributed by atoms with E-state index in [-0.39, 0.29) is 12.1 Å². The Kier molecular flexibility index (Phi) is 4.46. The third-order valence-electron chi connectivity index (χ3n) is 2.56. The van der Waals surface area contributed by atoms with Crippen molar-refractivity contribution in [3.8, 4) is 0 Å². The number of carbonyl (C=O) groups excluding carboxylic acids is 1. The lowest BCUT2D eigenvalue weighted by Gasteiger charge is -2.13. The minimum Gasteiger partial charge on any atom is -0.480 e. The monoisotopic (exact) mass is 338 g/mol. The molecule has 7 nitrogen and oxygen atoms in total. The van der Waals surface area contributed by atoms with Gasteiger partial charge in [0, 0.05) is 29.0 Å². The Morgan fingerprint density at radius 2 is 2.30 bits per heavy atom. The van der Waals surface area contributed by atoms with Crippen LogP contribution in [0.4, 0.5) is 0 Å². The number of hydrogen-bond acceptors (Lipinski definition) is 4. The lowest BCUT2D eigenvalue weighted by atomic mass is 10.1. The van der Waals surface area contributed by atoms with E-state index in [1.54, 1.807) is 12.1 Å². The van der Waals surface area contributed by atoms with Crippen LogP contribution in [0.5, 0.6) is 0 Å². The highest BCUT2D eigenvalue weighted by molar-refractivity contribution is 9.10. The molecule has 0 saturated carbocycles. The van der Waals surface area contributed by atoms with Crippen LogP contribution in [0.1, 0.15) is 16.2 Å². The number of aromatic amines is 1. The number of rotatable bonds is 5. The molecule has 0 radical (unpaired) electrons. The molecule has 2 aromatic rings. The fraction of sp³-hybridized carbons (Fsp3) is 0.167. The van der Waals surface area contributed by atoms with Crippen molar-refractivity contribution in [2.24, 2.45) is 0 Å². The number of amides is 1. The van der Waals surface area contributed by atoms with Crippen LogP contribution >= 0.6 is 15.9 Å². The molecule has 0 unspecified atom stereocenters. The molecule has 0 aliphatic rings. The highest BCUT2D eigenvalue weighted by Crippen LogP contribution is 2.13. The molecule has 0 saturated heterocycles. The van der Waals surface area contributed by atoms with Gasteiger partial charge in [-0.1, -0.05) is 0 Å². The second-order valence-electron chi connectivity index (χ2n) is 3.98. The number of carbonyl (C=O) groups is 2. The number of halogens is 1. The van der Waals surface area contributed by atoms with Crippen molar-refractivity contribution in [2.75, 3.05) is 0 Å². The third kappa shape index (κ3) is 3.41. The lowest BCUT2D eigenvalue weighted by molar-refractivity contribution is -0.139. The molecule has 0 aliphatic carbocycles. The number of imidazole rings is 1. The Hall–Kier alpha value is -2.22. The SMILES string of the molecule is O=C(N[C@H](Cc1cnc[nH]1)C(=O)O)c1ncccc1Br. The second kappa shape index (κ2) is 6.29. The number of nitrogens with zero attached hydrogens (tertiary/aromatic N) is 2. The van der Waals surface area contributed by atoms with Crippen molar-refractivity contribution < 1.29 is 14.7 Å². The van der Waals surface area contributed by atoms with E-state index in [9.17, 15) is 9.59 Å². The molecule has 0 spiro atoms. The average Bonchev–Trinajstić information content (AvgIpc) is 2.91. The topological polar surface area (TPSA) is 108 Å². The zero-order chi connectivity index (χ0) is 14.5. The van der Waals surface area contributed by atoms with Crippen molar-refractivity contribution in [1.29, 1.82) is 0 Å². The Morgan fingerprint density at radius 1 is 1.50 bits per heavy atom. The van der Waals surface area contributed by atoms with Crippen molar-refractivity contribution in [1.82, 2.24) is 20.3 Å². The third-order valence-corrected chi connectivity index (χ3v) is 3.20. The first-order chi connectivity index (χ1) is 9.58. The fourth-order valence-electron chi connectivity index (χ4n) is 1.60. The maximum absolute atomic E-state index is 12.0. The molecule has 8 heteroatoms. The van der Waals surface area contributed by atoms with Crippen LogP contribution in [0.15, 0.2) is 35.3 Å². The van der Waals surface area contributed by atoms with E-state index >= 15 is 0 Å². The normalized spacial score (nSPS) is 11.8. The second-order valence-corrected chi connectivity index (χ2v) is 4.83. The van der Waals surface area contributed by atoms with Gasteiger partial charge in [-0.25, -0.2) is 14.8 Å². The summed E-state index contributed by atoms with van der Waals surface area (Å²) in [5, 5.41) is 11.6. The smallest absolute Gasteiger partial charge is 0.326 e. The quantitative estimate of drug-likeness (QED) is 0.753. The molecule has 2 heterocycles. The van der Waals surface area contributed by atoms with Gasteiger partial charge >= 0.3 is 5.97 Å². The molecule has 0 bridgehead atoms. The molecular weight excluding hydrogens is 328 g/mol. The first kappa shape index (κ1) is 14.2. The molecule has 104 valence electrons. The predicted octanol–water partition coefficient (Wildman–Crippen LogP) is 0.993. The van der Waals surface area contributed by atoms with E-state index in [4.69, 9.17) is 5.11 Å². The van der Waals surface area contributed by atoms with Gasteiger partial charge in [-0.3, -0.25) is 4.79 Å². The Labute approximate surface area is 122 Å². The Bertz CT molecular complexity index is 615. The summed E-state index contributed by atoms with van der Waals surface area (Å²) in [6.45, 7) is 0. The number of carboxylic acids is 1. The standard InChI is InChI=1S/C12H11BrN4O3/c13-8-2-1-3-15-10(8)11(18)17-9(12(19)20)4-7-5-14-6-16-7/h1-3,5-6,9H,4H2,(H,14,16)(H,17,18)(H,19,20)/t9-/m1/s1. The number of pyridine rings is 1. The number of aromatic nitrogens is 3. The Balaban J connectivity index is 2.10. The molecule has 0 aliphatic heterocycles. The van der Waals surface area contributed by atoms with Crippen LogP contribution in [-0.4, -0.2) is 38.0 Å². The van der Waals surface area contributed by atoms with Gasteiger partial charge in [-0.15, -0.1) is 0 Å². The summed E-state index contributed by atoms with van der Waals surface area (Å²) in [6, 6.07) is 2.27. The van der Waals surface area contributed by atoms with E-state index in [2.05, 4.69) is 36.2 Å². The number of hydrogen-bond donors (Lipinski definition) is 3. The number of nitrogens with one attached hydrogen (secondary N) is 2. The highest BCUT2D eigenvalue weighted by Gasteiger charge is 2.23. The molecule has 0 fully saturated rings. The first-order valence-electron chi connectivity index (χ1n) is 5.69. The molecule has 20 heavy (non-hydrogen) atoms. The van der Waals surface area contributed by atoms with Crippen LogP contribution in [-0.2, 0) is 11.2 Å². The molecule has 3 N–H and O–H groups in total. The number of H-pyrrole nitrogens is 1. The summed E-state index contributed by atoms with van der Waals surface area (Å²) in [6.07, 6.45) is 4.54. The van der Waals surface area contributed by atoms with Crippen LogP contribution < -0.4 is 5.32 Å². The van der Waals surface area contributed by atoms with E-state index < -0.39 is 17.9 Å². The van der Waals surface area contributed by atoms with E-state index in [1.165, 1.54) is 18.7 Å². The van der Waals surface area contributed by atoms with Crippen molar-refractivity contribution in [2.45, 2.75) is 12.5 Å². The van der Waals surface area contributed by atoms with Gasteiger partial charge in [-0.05, 0) is 28.1 Å². The zero-order valence-electron chi connectivity index (χ0n) is 10.2. The number of carboxylic acid groups (broad SMARTS) is 1. The minimum atomic E-state index is -1.12. The van der Waals surface area contributed by atoms with E-state index in [0.29, 0.717) is 10.2 Å². The molecule has 0 aromatic carbocycles. The summed E-state index contributed by atoms with van der Waals surface area (Å²) in [4.78, 5) is 33.7. The van der Waals surface area contributed by atoms with Crippen molar-refractivity contribution >= 4 is 27.8 Å². The van der Waals surface area contributed by atoms with E-state index in [1.807, 2.05) is 0 Å². The minimum absolute atomic E-state index is 0.117. The summed E-state index contributed by atoms with van der Waals surface area (Å²) in [5.74, 6) is -1.68. The van der Waals surface area contributed by atoms with Crippen molar-refractivity contribution in [3.05, 3.63) is 46.7 Å². The van der Waals surface area contributed by atoms with Crippen LogP contribution in [0.2, 0.25) is 0 Å². The van der Waals surface area contributed by atoms with Crippen LogP contribution in [0, 0.1) is 0 Å². The number of aliphatic carboxylic acids is 1. The lowest BCUT2D eigenvalue weighted by Crippen LogP contribution is -2.42. The maximum Gasteiger partial charge on any atom is 0.326 e. The van der Waals surface area contributed by atoms with Gasteiger partial charge < -0.3 is 15.4 Å². The van der Waals surface area contributed by atoms with Gasteiger partial charge in [0.1, 0.15) is 11.7 Å². The maximum atomic E-state index is 12.0. The zero-order valence-corrected chi connectivity index (χ0v) is 11.8. The molecule has 1 amide bonds. The Morgan fingerprint density at radius 3 is 2.90 bits per heavy atom. The summed E-state index contributed by atoms with van der Waals surface area (Å²) in [7, 11) is 0. The van der Waals surface area contributed by atoms with Gasteiger partial charge in [0.2, 0.25) is 0 Å². The molecule has 2 rings (SSSR count). The summed E-state index contributed by atoms with van der Waals surface area (Å²) >= 11 is 3.20. The van der Waals surface area contributed by atoms with Crippen LogP contribution in [0.3, 0.4) is 0 Å². The molecule has 1 atom stereocenters. The fourth-order valence-corrected chi connectivity index (χ4v) is 2.03. The largest absolute Gasteiger partial charge is 0.480 e. The summed E-state index contributed by atoms with van der Waals surface area (Å²) < 4.78 is 0.503. The van der Waals surface area contributed by atoms with E-state index in [0.717, 1.165) is 0 Å².